The molecule has 4 heteroatoms. The van der Waals surface area contributed by atoms with E-state index in [9.17, 15) is 4.79 Å². The molecule has 1 saturated heterocycles. The summed E-state index contributed by atoms with van der Waals surface area (Å²) in [6.07, 6.45) is 1.09. The predicted octanol–water partition coefficient (Wildman–Crippen LogP) is 1.78. The SMILES string of the molecule is CC(C)C1CCN(C(=O)c2cccc(N)n2)C1. The van der Waals surface area contributed by atoms with Gasteiger partial charge in [-0.3, -0.25) is 4.79 Å². The van der Waals surface area contributed by atoms with Gasteiger partial charge in [-0.2, -0.15) is 0 Å². The molecule has 0 bridgehead atoms. The molecule has 17 heavy (non-hydrogen) atoms. The normalized spacial score (nSPS) is 19.9. The molecule has 1 unspecified atom stereocenters. The van der Waals surface area contributed by atoms with E-state index >= 15 is 0 Å². The first-order valence-electron chi connectivity index (χ1n) is 6.09. The number of likely N-dealkylation sites (tertiary alicyclic amines) is 1. The number of hydrogen-bond donors (Lipinski definition) is 1. The minimum atomic E-state index is 0.000417. The van der Waals surface area contributed by atoms with Crippen LogP contribution in [0.5, 0.6) is 0 Å². The van der Waals surface area contributed by atoms with E-state index in [2.05, 4.69) is 18.8 Å². The van der Waals surface area contributed by atoms with Gasteiger partial charge in [0.25, 0.3) is 5.91 Å². The molecule has 1 aromatic heterocycles. The van der Waals surface area contributed by atoms with E-state index in [-0.39, 0.29) is 5.91 Å². The second-order valence-corrected chi connectivity index (χ2v) is 4.99. The fourth-order valence-corrected chi connectivity index (χ4v) is 2.25. The number of pyridine rings is 1. The fourth-order valence-electron chi connectivity index (χ4n) is 2.25. The van der Waals surface area contributed by atoms with Crippen LogP contribution < -0.4 is 5.73 Å². The summed E-state index contributed by atoms with van der Waals surface area (Å²) in [7, 11) is 0. The van der Waals surface area contributed by atoms with Crippen molar-refractivity contribution in [2.24, 2.45) is 11.8 Å². The van der Waals surface area contributed by atoms with Crippen molar-refractivity contribution in [1.82, 2.24) is 9.88 Å². The van der Waals surface area contributed by atoms with Crippen LogP contribution in [0.3, 0.4) is 0 Å². The van der Waals surface area contributed by atoms with Gasteiger partial charge in [0, 0.05) is 13.1 Å². The molecular formula is C13H19N3O. The highest BCUT2D eigenvalue weighted by Crippen LogP contribution is 2.24. The van der Waals surface area contributed by atoms with E-state index < -0.39 is 0 Å². The van der Waals surface area contributed by atoms with Gasteiger partial charge >= 0.3 is 0 Å². The number of anilines is 1. The van der Waals surface area contributed by atoms with Crippen LogP contribution in [0.2, 0.25) is 0 Å². The molecule has 0 saturated carbocycles. The van der Waals surface area contributed by atoms with E-state index in [1.165, 1.54) is 0 Å². The zero-order chi connectivity index (χ0) is 12.4. The van der Waals surface area contributed by atoms with Gasteiger partial charge in [-0.15, -0.1) is 0 Å². The Bertz CT molecular complexity index is 417. The first kappa shape index (κ1) is 11.9. The number of carbonyl (C=O) groups is 1. The monoisotopic (exact) mass is 233 g/mol. The van der Waals surface area contributed by atoms with Crippen LogP contribution in [0.25, 0.3) is 0 Å². The van der Waals surface area contributed by atoms with Crippen molar-refractivity contribution >= 4 is 11.7 Å². The maximum atomic E-state index is 12.2. The lowest BCUT2D eigenvalue weighted by Gasteiger charge is -2.17. The van der Waals surface area contributed by atoms with E-state index in [1.54, 1.807) is 18.2 Å². The number of carbonyl (C=O) groups excluding carboxylic acids is 1. The molecule has 2 rings (SSSR count). The average molecular weight is 233 g/mol. The van der Waals surface area contributed by atoms with Crippen LogP contribution in [0.15, 0.2) is 18.2 Å². The number of nitrogen functional groups attached to an aromatic ring is 1. The Morgan fingerprint density at radius 1 is 1.53 bits per heavy atom. The summed E-state index contributed by atoms with van der Waals surface area (Å²) >= 11 is 0. The molecular weight excluding hydrogens is 214 g/mol. The summed E-state index contributed by atoms with van der Waals surface area (Å²) in [5.41, 5.74) is 6.04. The van der Waals surface area contributed by atoms with Crippen molar-refractivity contribution in [3.63, 3.8) is 0 Å². The molecule has 0 radical (unpaired) electrons. The number of aromatic nitrogens is 1. The second kappa shape index (κ2) is 4.73. The lowest BCUT2D eigenvalue weighted by atomic mass is 9.95. The Labute approximate surface area is 102 Å². The van der Waals surface area contributed by atoms with Gasteiger partial charge in [0.2, 0.25) is 0 Å². The maximum absolute atomic E-state index is 12.2. The Hall–Kier alpha value is -1.58. The van der Waals surface area contributed by atoms with Crippen molar-refractivity contribution in [3.05, 3.63) is 23.9 Å². The van der Waals surface area contributed by atoms with Crippen LogP contribution in [0.4, 0.5) is 5.82 Å². The van der Waals surface area contributed by atoms with Crippen LogP contribution in [0.1, 0.15) is 30.8 Å². The van der Waals surface area contributed by atoms with Gasteiger partial charge in [-0.1, -0.05) is 19.9 Å². The molecule has 1 aliphatic heterocycles. The summed E-state index contributed by atoms with van der Waals surface area (Å²) in [6, 6.07) is 5.19. The maximum Gasteiger partial charge on any atom is 0.272 e. The molecule has 1 amide bonds. The van der Waals surface area contributed by atoms with Gasteiger partial charge < -0.3 is 10.6 Å². The molecule has 92 valence electrons. The molecule has 4 nitrogen and oxygen atoms in total. The molecule has 0 spiro atoms. The molecule has 1 fully saturated rings. The van der Waals surface area contributed by atoms with Gasteiger partial charge in [-0.05, 0) is 30.4 Å². The predicted molar refractivity (Wildman–Crippen MR) is 67.5 cm³/mol. The Morgan fingerprint density at radius 2 is 2.29 bits per heavy atom. The Balaban J connectivity index is 2.07. The van der Waals surface area contributed by atoms with Crippen molar-refractivity contribution in [2.45, 2.75) is 20.3 Å². The van der Waals surface area contributed by atoms with Crippen molar-refractivity contribution in [3.8, 4) is 0 Å². The molecule has 1 aliphatic rings. The number of nitrogens with zero attached hydrogens (tertiary/aromatic N) is 2. The quantitative estimate of drug-likeness (QED) is 0.847. The van der Waals surface area contributed by atoms with E-state index in [1.807, 2.05) is 4.90 Å². The standard InChI is InChI=1S/C13H19N3O/c1-9(2)10-6-7-16(8-10)13(17)11-4-3-5-12(14)15-11/h3-5,9-10H,6-8H2,1-2H3,(H2,14,15). The highest BCUT2D eigenvalue weighted by molar-refractivity contribution is 5.92. The lowest BCUT2D eigenvalue weighted by molar-refractivity contribution is 0.0778. The second-order valence-electron chi connectivity index (χ2n) is 4.99. The highest BCUT2D eigenvalue weighted by Gasteiger charge is 2.29. The number of hydrogen-bond acceptors (Lipinski definition) is 3. The summed E-state index contributed by atoms with van der Waals surface area (Å²) in [6.45, 7) is 6.08. The third kappa shape index (κ3) is 2.57. The smallest absolute Gasteiger partial charge is 0.272 e. The van der Waals surface area contributed by atoms with Crippen LogP contribution in [-0.4, -0.2) is 28.9 Å². The van der Waals surface area contributed by atoms with Gasteiger partial charge in [0.15, 0.2) is 0 Å². The topological polar surface area (TPSA) is 59.2 Å². The largest absolute Gasteiger partial charge is 0.384 e. The van der Waals surface area contributed by atoms with Gasteiger partial charge in [-0.25, -0.2) is 4.98 Å². The first-order valence-corrected chi connectivity index (χ1v) is 6.09. The Kier molecular flexibility index (Phi) is 3.31. The van der Waals surface area contributed by atoms with Crippen LogP contribution >= 0.6 is 0 Å². The highest BCUT2D eigenvalue weighted by atomic mass is 16.2. The molecule has 2 N–H and O–H groups in total. The zero-order valence-electron chi connectivity index (χ0n) is 10.4. The van der Waals surface area contributed by atoms with E-state index in [0.29, 0.717) is 23.3 Å². The van der Waals surface area contributed by atoms with E-state index in [4.69, 9.17) is 5.73 Å². The number of rotatable bonds is 2. The minimum absolute atomic E-state index is 0.000417. The van der Waals surface area contributed by atoms with Crippen molar-refractivity contribution in [2.75, 3.05) is 18.8 Å². The lowest BCUT2D eigenvalue weighted by Crippen LogP contribution is -2.30. The van der Waals surface area contributed by atoms with Gasteiger partial charge in [0.05, 0.1) is 0 Å². The van der Waals surface area contributed by atoms with Gasteiger partial charge in [0.1, 0.15) is 11.5 Å². The minimum Gasteiger partial charge on any atom is -0.384 e. The summed E-state index contributed by atoms with van der Waals surface area (Å²) in [5.74, 6) is 1.64. The zero-order valence-corrected chi connectivity index (χ0v) is 10.4. The van der Waals surface area contributed by atoms with Crippen molar-refractivity contribution in [1.29, 1.82) is 0 Å². The van der Waals surface area contributed by atoms with Crippen LogP contribution in [-0.2, 0) is 0 Å². The summed E-state index contributed by atoms with van der Waals surface area (Å²) < 4.78 is 0. The molecule has 2 heterocycles. The number of nitrogens with two attached hydrogens (primary N) is 1. The number of amides is 1. The van der Waals surface area contributed by atoms with Crippen molar-refractivity contribution < 1.29 is 4.79 Å². The first-order chi connectivity index (χ1) is 8.08. The third-order valence-electron chi connectivity index (χ3n) is 3.44. The molecule has 1 atom stereocenters. The summed E-state index contributed by atoms with van der Waals surface area (Å²) in [5, 5.41) is 0. The molecule has 0 aromatic carbocycles. The van der Waals surface area contributed by atoms with E-state index in [0.717, 1.165) is 19.5 Å². The third-order valence-corrected chi connectivity index (χ3v) is 3.44. The molecule has 0 aliphatic carbocycles. The molecule has 1 aromatic rings. The summed E-state index contributed by atoms with van der Waals surface area (Å²) in [4.78, 5) is 18.1. The Morgan fingerprint density at radius 3 is 2.88 bits per heavy atom. The van der Waals surface area contributed by atoms with Crippen LogP contribution in [0, 0.1) is 11.8 Å². The average Bonchev–Trinajstić information content (AvgIpc) is 2.77. The fraction of sp³-hybridized carbons (Fsp3) is 0.538.